The molecule has 2 aromatic heterocycles. The van der Waals surface area contributed by atoms with E-state index in [9.17, 15) is 9.59 Å². The van der Waals surface area contributed by atoms with E-state index in [0.717, 1.165) is 31.4 Å². The highest BCUT2D eigenvalue weighted by atomic mass is 16.2. The first-order valence-corrected chi connectivity index (χ1v) is 9.10. The molecule has 1 N–H and O–H groups in total. The number of aryl methyl sites for hydroxylation is 1. The third kappa shape index (κ3) is 3.34. The molecule has 2 fully saturated rings. The van der Waals surface area contributed by atoms with Gasteiger partial charge < -0.3 is 14.8 Å². The fourth-order valence-electron chi connectivity index (χ4n) is 3.75. The zero-order valence-electron chi connectivity index (χ0n) is 14.8. The lowest BCUT2D eigenvalue weighted by molar-refractivity contribution is -0.123. The van der Waals surface area contributed by atoms with Gasteiger partial charge in [0.05, 0.1) is 0 Å². The van der Waals surface area contributed by atoms with E-state index < -0.39 is 0 Å². The first-order valence-electron chi connectivity index (χ1n) is 9.10. The number of hydrogen-bond donors (Lipinski definition) is 1. The van der Waals surface area contributed by atoms with Crippen LogP contribution in [-0.2, 0) is 11.8 Å². The van der Waals surface area contributed by atoms with Gasteiger partial charge in [-0.05, 0) is 36.8 Å². The van der Waals surface area contributed by atoms with E-state index in [1.54, 1.807) is 25.6 Å². The van der Waals surface area contributed by atoms with Gasteiger partial charge in [-0.15, -0.1) is 0 Å². The highest BCUT2D eigenvalue weighted by Gasteiger charge is 2.44. The van der Waals surface area contributed by atoms with Crippen molar-refractivity contribution >= 4 is 11.7 Å². The Balaban J connectivity index is 1.38. The first kappa shape index (κ1) is 16.8. The molecule has 1 aliphatic carbocycles. The van der Waals surface area contributed by atoms with Gasteiger partial charge in [0.15, 0.2) is 5.82 Å². The average Bonchev–Trinajstić information content (AvgIpc) is 3.46. The lowest BCUT2D eigenvalue weighted by Gasteiger charge is -2.33. The van der Waals surface area contributed by atoms with Crippen molar-refractivity contribution in [1.29, 1.82) is 0 Å². The van der Waals surface area contributed by atoms with E-state index in [2.05, 4.69) is 15.3 Å². The zero-order valence-corrected chi connectivity index (χ0v) is 14.8. The number of nitrogens with one attached hydrogen (secondary N) is 1. The lowest BCUT2D eigenvalue weighted by Crippen LogP contribution is -2.50. The maximum atomic E-state index is 12.6. The molecule has 0 radical (unpaired) electrons. The third-order valence-electron chi connectivity index (χ3n) is 5.31. The van der Waals surface area contributed by atoms with Crippen LogP contribution in [-0.4, -0.2) is 39.6 Å². The van der Waals surface area contributed by atoms with Gasteiger partial charge in [0, 0.05) is 56.9 Å². The molecule has 0 spiro atoms. The van der Waals surface area contributed by atoms with Gasteiger partial charge in [0.1, 0.15) is 0 Å². The van der Waals surface area contributed by atoms with Crippen LogP contribution in [0.3, 0.4) is 0 Å². The molecule has 2 aliphatic rings. The van der Waals surface area contributed by atoms with Crippen LogP contribution in [0, 0.1) is 5.92 Å². The minimum Gasteiger partial charge on any atom is -0.351 e. The van der Waals surface area contributed by atoms with Crippen molar-refractivity contribution in [3.63, 3.8) is 0 Å². The molecular weight excluding hydrogens is 330 g/mol. The molecule has 0 bridgehead atoms. The summed E-state index contributed by atoms with van der Waals surface area (Å²) in [5.74, 6) is 0.900. The Morgan fingerprint density at radius 2 is 2.23 bits per heavy atom. The van der Waals surface area contributed by atoms with Crippen LogP contribution in [0.25, 0.3) is 0 Å². The summed E-state index contributed by atoms with van der Waals surface area (Å²) >= 11 is 0. The molecule has 1 saturated carbocycles. The Kier molecular flexibility index (Phi) is 4.44. The minimum absolute atomic E-state index is 0.0392. The second-order valence-electron chi connectivity index (χ2n) is 7.20. The number of piperidine rings is 1. The minimum atomic E-state index is -0.0988. The van der Waals surface area contributed by atoms with E-state index >= 15 is 0 Å². The summed E-state index contributed by atoms with van der Waals surface area (Å²) in [6, 6.07) is 4.00. The zero-order chi connectivity index (χ0) is 18.1. The summed E-state index contributed by atoms with van der Waals surface area (Å²) in [6.07, 6.45) is 9.63. The molecule has 0 aromatic carbocycles. The predicted octanol–water partition coefficient (Wildman–Crippen LogP) is 1.06. The normalized spacial score (nSPS) is 25.0. The van der Waals surface area contributed by atoms with Gasteiger partial charge in [0.25, 0.3) is 5.56 Å². The Labute approximate surface area is 152 Å². The standard InChI is InChI=1S/C19H23N5O2/c1-23-9-7-21-17(19(23)26)24-8-3-5-14(12-24)22-18(25)16-10-15(16)13-4-2-6-20-11-13/h2,4,6-7,9,11,14-16H,3,5,8,10,12H2,1H3,(H,22,25). The molecule has 136 valence electrons. The van der Waals surface area contributed by atoms with Crippen molar-refractivity contribution in [2.75, 3.05) is 18.0 Å². The number of aromatic nitrogens is 3. The molecule has 4 rings (SSSR count). The van der Waals surface area contributed by atoms with Crippen LogP contribution in [0.15, 0.2) is 41.7 Å². The van der Waals surface area contributed by atoms with Gasteiger partial charge in [0.2, 0.25) is 5.91 Å². The summed E-state index contributed by atoms with van der Waals surface area (Å²) in [7, 11) is 1.72. The van der Waals surface area contributed by atoms with Gasteiger partial charge >= 0.3 is 0 Å². The number of pyridine rings is 1. The van der Waals surface area contributed by atoms with Crippen LogP contribution in [0.1, 0.15) is 30.7 Å². The highest BCUT2D eigenvalue weighted by Crippen LogP contribution is 2.47. The summed E-state index contributed by atoms with van der Waals surface area (Å²) in [6.45, 7) is 1.42. The van der Waals surface area contributed by atoms with Gasteiger partial charge in [-0.1, -0.05) is 6.07 Å². The molecule has 1 amide bonds. The summed E-state index contributed by atoms with van der Waals surface area (Å²) in [4.78, 5) is 35.2. The maximum absolute atomic E-state index is 12.6. The van der Waals surface area contributed by atoms with Gasteiger partial charge in [-0.25, -0.2) is 4.98 Å². The van der Waals surface area contributed by atoms with E-state index in [4.69, 9.17) is 0 Å². The summed E-state index contributed by atoms with van der Waals surface area (Å²) in [5.41, 5.74) is 1.04. The fourth-order valence-corrected chi connectivity index (χ4v) is 3.75. The Morgan fingerprint density at radius 1 is 1.35 bits per heavy atom. The molecular formula is C19H23N5O2. The third-order valence-corrected chi connectivity index (χ3v) is 5.31. The Bertz CT molecular complexity index is 851. The van der Waals surface area contributed by atoms with Crippen LogP contribution >= 0.6 is 0 Å². The number of anilines is 1. The van der Waals surface area contributed by atoms with E-state index in [-0.39, 0.29) is 29.3 Å². The van der Waals surface area contributed by atoms with Crippen molar-refractivity contribution < 1.29 is 4.79 Å². The highest BCUT2D eigenvalue weighted by molar-refractivity contribution is 5.83. The maximum Gasteiger partial charge on any atom is 0.293 e. The summed E-state index contributed by atoms with van der Waals surface area (Å²) in [5, 5.41) is 3.18. The summed E-state index contributed by atoms with van der Waals surface area (Å²) < 4.78 is 1.53. The molecule has 3 heterocycles. The van der Waals surface area contributed by atoms with Crippen molar-refractivity contribution in [1.82, 2.24) is 19.9 Å². The monoisotopic (exact) mass is 353 g/mol. The second-order valence-corrected chi connectivity index (χ2v) is 7.20. The van der Waals surface area contributed by atoms with Crippen LogP contribution in [0.4, 0.5) is 5.82 Å². The molecule has 1 aliphatic heterocycles. The van der Waals surface area contributed by atoms with E-state index in [0.29, 0.717) is 12.4 Å². The quantitative estimate of drug-likeness (QED) is 0.889. The number of amides is 1. The van der Waals surface area contributed by atoms with E-state index in [1.807, 2.05) is 23.2 Å². The van der Waals surface area contributed by atoms with Crippen molar-refractivity contribution in [3.8, 4) is 0 Å². The van der Waals surface area contributed by atoms with E-state index in [1.165, 1.54) is 4.57 Å². The number of rotatable bonds is 4. The first-order chi connectivity index (χ1) is 12.6. The lowest BCUT2D eigenvalue weighted by atomic mass is 10.0. The largest absolute Gasteiger partial charge is 0.351 e. The van der Waals surface area contributed by atoms with Gasteiger partial charge in [-0.2, -0.15) is 0 Å². The molecule has 1 saturated heterocycles. The number of carbonyl (C=O) groups is 1. The molecule has 3 unspecified atom stereocenters. The van der Waals surface area contributed by atoms with Crippen LogP contribution in [0.5, 0.6) is 0 Å². The predicted molar refractivity (Wildman–Crippen MR) is 97.9 cm³/mol. The smallest absolute Gasteiger partial charge is 0.293 e. The number of carbonyl (C=O) groups excluding carboxylic acids is 1. The van der Waals surface area contributed by atoms with Crippen molar-refractivity contribution in [2.24, 2.45) is 13.0 Å². The Morgan fingerprint density at radius 3 is 3.04 bits per heavy atom. The number of hydrogen-bond acceptors (Lipinski definition) is 5. The molecule has 2 aromatic rings. The molecule has 7 nitrogen and oxygen atoms in total. The molecule has 3 atom stereocenters. The number of nitrogens with zero attached hydrogens (tertiary/aromatic N) is 4. The SMILES string of the molecule is Cn1ccnc(N2CCCC(NC(=O)C3CC3c3cccnc3)C2)c1=O. The fraction of sp³-hybridized carbons (Fsp3) is 0.474. The molecule has 26 heavy (non-hydrogen) atoms. The average molecular weight is 353 g/mol. The van der Waals surface area contributed by atoms with Crippen molar-refractivity contribution in [3.05, 3.63) is 52.8 Å². The van der Waals surface area contributed by atoms with Crippen LogP contribution in [0.2, 0.25) is 0 Å². The Hall–Kier alpha value is -2.70. The van der Waals surface area contributed by atoms with Crippen LogP contribution < -0.4 is 15.8 Å². The topological polar surface area (TPSA) is 80.1 Å². The second kappa shape index (κ2) is 6.90. The van der Waals surface area contributed by atoms with Gasteiger partial charge in [-0.3, -0.25) is 14.6 Å². The molecule has 7 heteroatoms. The van der Waals surface area contributed by atoms with Crippen molar-refractivity contribution in [2.45, 2.75) is 31.2 Å².